The van der Waals surface area contributed by atoms with Gasteiger partial charge in [0.2, 0.25) is 11.8 Å². The molecule has 4 nitrogen and oxygen atoms in total. The molecular weight excluding hydrogens is 228 g/mol. The molecule has 1 aliphatic carbocycles. The monoisotopic (exact) mass is 248 g/mol. The largest absolute Gasteiger partial charge is 0.274 e. The SMILES string of the molecule is CC1(C)CC(=O)N(C(C#N)C2CCCCC2)C1=O. The van der Waals surface area contributed by atoms with Crippen LogP contribution in [0.5, 0.6) is 0 Å². The number of nitriles is 1. The number of amides is 2. The van der Waals surface area contributed by atoms with Crippen molar-refractivity contribution in [2.45, 2.75) is 58.4 Å². The maximum Gasteiger partial charge on any atom is 0.236 e. The number of hydrogen-bond donors (Lipinski definition) is 0. The Morgan fingerprint density at radius 3 is 2.33 bits per heavy atom. The van der Waals surface area contributed by atoms with Crippen molar-refractivity contribution in [3.63, 3.8) is 0 Å². The van der Waals surface area contributed by atoms with E-state index >= 15 is 0 Å². The predicted octanol–water partition coefficient (Wildman–Crippen LogP) is 2.24. The number of hydrogen-bond acceptors (Lipinski definition) is 3. The maximum absolute atomic E-state index is 12.2. The van der Waals surface area contributed by atoms with Gasteiger partial charge in [0.05, 0.1) is 11.5 Å². The lowest BCUT2D eigenvalue weighted by Gasteiger charge is -2.31. The van der Waals surface area contributed by atoms with Crippen molar-refractivity contribution >= 4 is 11.8 Å². The molecule has 4 heteroatoms. The Bertz CT molecular complexity index is 403. The third-order valence-electron chi connectivity index (χ3n) is 4.17. The molecule has 1 atom stereocenters. The van der Waals surface area contributed by atoms with Crippen LogP contribution in [0.4, 0.5) is 0 Å². The van der Waals surface area contributed by atoms with Crippen molar-refractivity contribution in [3.05, 3.63) is 0 Å². The minimum atomic E-state index is -0.638. The molecule has 0 N–H and O–H groups in total. The minimum absolute atomic E-state index is 0.172. The van der Waals surface area contributed by atoms with E-state index in [0.717, 1.165) is 25.7 Å². The highest BCUT2D eigenvalue weighted by Crippen LogP contribution is 2.37. The Morgan fingerprint density at radius 2 is 1.89 bits per heavy atom. The quantitative estimate of drug-likeness (QED) is 0.704. The zero-order chi connectivity index (χ0) is 13.3. The number of imide groups is 1. The van der Waals surface area contributed by atoms with Gasteiger partial charge in [0.15, 0.2) is 0 Å². The van der Waals surface area contributed by atoms with E-state index in [1.165, 1.54) is 11.3 Å². The molecule has 1 heterocycles. The van der Waals surface area contributed by atoms with Gasteiger partial charge < -0.3 is 0 Å². The average Bonchev–Trinajstić information content (AvgIpc) is 2.54. The molecule has 0 radical (unpaired) electrons. The predicted molar refractivity (Wildman–Crippen MR) is 66.2 cm³/mol. The van der Waals surface area contributed by atoms with Crippen LogP contribution in [0.1, 0.15) is 52.4 Å². The molecule has 0 aromatic carbocycles. The van der Waals surface area contributed by atoms with Gasteiger partial charge in [-0.2, -0.15) is 5.26 Å². The van der Waals surface area contributed by atoms with Crippen molar-refractivity contribution in [2.75, 3.05) is 0 Å². The molecule has 1 aliphatic heterocycles. The smallest absolute Gasteiger partial charge is 0.236 e. The molecule has 2 amide bonds. The Hall–Kier alpha value is -1.37. The maximum atomic E-state index is 12.2. The highest BCUT2D eigenvalue weighted by molar-refractivity contribution is 6.06. The standard InChI is InChI=1S/C14H20N2O2/c1-14(2)8-12(17)16(13(14)18)11(9-15)10-6-4-3-5-7-10/h10-11H,3-8H2,1-2H3. The average molecular weight is 248 g/mol. The van der Waals surface area contributed by atoms with Gasteiger partial charge >= 0.3 is 0 Å². The van der Waals surface area contributed by atoms with Crippen molar-refractivity contribution < 1.29 is 9.59 Å². The first kappa shape index (κ1) is 13.1. The fraction of sp³-hybridized carbons (Fsp3) is 0.786. The molecule has 18 heavy (non-hydrogen) atoms. The molecule has 2 fully saturated rings. The van der Waals surface area contributed by atoms with Gasteiger partial charge in [-0.25, -0.2) is 0 Å². The summed E-state index contributed by atoms with van der Waals surface area (Å²) in [5, 5.41) is 9.35. The third kappa shape index (κ3) is 2.14. The van der Waals surface area contributed by atoms with Crippen LogP contribution >= 0.6 is 0 Å². The summed E-state index contributed by atoms with van der Waals surface area (Å²) in [6, 6.07) is 1.65. The van der Waals surface area contributed by atoms with Crippen LogP contribution in [0.2, 0.25) is 0 Å². The molecular formula is C14H20N2O2. The van der Waals surface area contributed by atoms with Gasteiger partial charge in [0, 0.05) is 6.42 Å². The number of likely N-dealkylation sites (tertiary alicyclic amines) is 1. The Balaban J connectivity index is 2.20. The Labute approximate surface area is 108 Å². The summed E-state index contributed by atoms with van der Waals surface area (Å²) in [6.07, 6.45) is 5.54. The molecule has 0 spiro atoms. The lowest BCUT2D eigenvalue weighted by Crippen LogP contribution is -2.45. The molecule has 2 rings (SSSR count). The summed E-state index contributed by atoms with van der Waals surface area (Å²) in [7, 11) is 0. The summed E-state index contributed by atoms with van der Waals surface area (Å²) in [4.78, 5) is 25.5. The van der Waals surface area contributed by atoms with Crippen LogP contribution in [0.3, 0.4) is 0 Å². The molecule has 1 saturated heterocycles. The lowest BCUT2D eigenvalue weighted by molar-refractivity contribution is -0.143. The summed E-state index contributed by atoms with van der Waals surface area (Å²) >= 11 is 0. The highest BCUT2D eigenvalue weighted by atomic mass is 16.2. The van der Waals surface area contributed by atoms with E-state index in [0.29, 0.717) is 0 Å². The topological polar surface area (TPSA) is 61.2 Å². The summed E-state index contributed by atoms with van der Waals surface area (Å²) in [6.45, 7) is 3.56. The first-order valence-corrected chi connectivity index (χ1v) is 6.73. The minimum Gasteiger partial charge on any atom is -0.274 e. The molecule has 0 aromatic rings. The van der Waals surface area contributed by atoms with Gasteiger partial charge in [0.1, 0.15) is 6.04 Å². The summed E-state index contributed by atoms with van der Waals surface area (Å²) in [5.41, 5.74) is -0.638. The van der Waals surface area contributed by atoms with E-state index in [1.807, 2.05) is 0 Å². The molecule has 98 valence electrons. The first-order chi connectivity index (χ1) is 8.47. The highest BCUT2D eigenvalue weighted by Gasteiger charge is 2.49. The van der Waals surface area contributed by atoms with E-state index in [2.05, 4.69) is 6.07 Å². The van der Waals surface area contributed by atoms with Crippen LogP contribution in [-0.4, -0.2) is 22.8 Å². The van der Waals surface area contributed by atoms with Gasteiger partial charge in [-0.1, -0.05) is 33.1 Å². The lowest BCUT2D eigenvalue weighted by atomic mass is 9.83. The zero-order valence-corrected chi connectivity index (χ0v) is 11.1. The van der Waals surface area contributed by atoms with Crippen molar-refractivity contribution in [3.8, 4) is 6.07 Å². The first-order valence-electron chi connectivity index (χ1n) is 6.73. The van der Waals surface area contributed by atoms with Crippen molar-refractivity contribution in [1.82, 2.24) is 4.90 Å². The van der Waals surface area contributed by atoms with Gasteiger partial charge in [-0.15, -0.1) is 0 Å². The summed E-state index contributed by atoms with van der Waals surface area (Å²) < 4.78 is 0. The second kappa shape index (κ2) is 4.72. The van der Waals surface area contributed by atoms with Crippen LogP contribution in [0, 0.1) is 22.7 Å². The molecule has 1 unspecified atom stereocenters. The van der Waals surface area contributed by atoms with Gasteiger partial charge in [-0.3, -0.25) is 14.5 Å². The van der Waals surface area contributed by atoms with Crippen LogP contribution < -0.4 is 0 Å². The molecule has 2 aliphatic rings. The number of nitrogens with zero attached hydrogens (tertiary/aromatic N) is 2. The Kier molecular flexibility index (Phi) is 3.43. The van der Waals surface area contributed by atoms with E-state index in [9.17, 15) is 14.9 Å². The van der Waals surface area contributed by atoms with Crippen LogP contribution in [-0.2, 0) is 9.59 Å². The van der Waals surface area contributed by atoms with Gasteiger partial charge in [-0.05, 0) is 18.8 Å². The second-order valence-electron chi connectivity index (χ2n) is 6.10. The van der Waals surface area contributed by atoms with E-state index in [-0.39, 0.29) is 24.2 Å². The molecule has 0 aromatic heterocycles. The summed E-state index contributed by atoms with van der Waals surface area (Å²) in [5.74, 6) is -0.183. The van der Waals surface area contributed by atoms with Crippen molar-refractivity contribution in [2.24, 2.45) is 11.3 Å². The van der Waals surface area contributed by atoms with E-state index < -0.39 is 11.5 Å². The van der Waals surface area contributed by atoms with Crippen molar-refractivity contribution in [1.29, 1.82) is 5.26 Å². The number of carbonyl (C=O) groups is 2. The zero-order valence-electron chi connectivity index (χ0n) is 11.1. The normalized spacial score (nSPS) is 26.2. The third-order valence-corrected chi connectivity index (χ3v) is 4.17. The van der Waals surface area contributed by atoms with E-state index in [4.69, 9.17) is 0 Å². The molecule has 1 saturated carbocycles. The Morgan fingerprint density at radius 1 is 1.28 bits per heavy atom. The van der Waals surface area contributed by atoms with Crippen LogP contribution in [0.15, 0.2) is 0 Å². The molecule has 0 bridgehead atoms. The second-order valence-corrected chi connectivity index (χ2v) is 6.10. The van der Waals surface area contributed by atoms with Crippen LogP contribution in [0.25, 0.3) is 0 Å². The number of rotatable bonds is 2. The fourth-order valence-electron chi connectivity index (χ4n) is 3.08. The fourth-order valence-corrected chi connectivity index (χ4v) is 3.08. The number of carbonyl (C=O) groups excluding carboxylic acids is 2. The van der Waals surface area contributed by atoms with Gasteiger partial charge in [0.25, 0.3) is 0 Å². The van der Waals surface area contributed by atoms with E-state index in [1.54, 1.807) is 13.8 Å².